The second kappa shape index (κ2) is 9.78. The van der Waals surface area contributed by atoms with Crippen molar-refractivity contribution in [1.82, 2.24) is 10.2 Å². The first-order chi connectivity index (χ1) is 15.9. The van der Waals surface area contributed by atoms with Crippen LogP contribution in [0.5, 0.6) is 17.2 Å². The molecule has 3 aromatic carbocycles. The summed E-state index contributed by atoms with van der Waals surface area (Å²) in [5.74, 6) is 1.63. The van der Waals surface area contributed by atoms with Crippen molar-refractivity contribution in [2.45, 2.75) is 6.61 Å². The van der Waals surface area contributed by atoms with E-state index >= 15 is 0 Å². The Kier molecular flexibility index (Phi) is 6.64. The van der Waals surface area contributed by atoms with Crippen LogP contribution in [0.1, 0.15) is 5.56 Å². The zero-order valence-corrected chi connectivity index (χ0v) is 19.3. The highest BCUT2D eigenvalue weighted by Crippen LogP contribution is 2.28. The molecule has 0 aliphatic rings. The number of halogens is 2. The van der Waals surface area contributed by atoms with Gasteiger partial charge in [0, 0.05) is 45.4 Å². The molecule has 0 unspecified atom stereocenters. The highest BCUT2D eigenvalue weighted by molar-refractivity contribution is 9.10. The zero-order valence-electron chi connectivity index (χ0n) is 17.7. The SMILES string of the molecule is COc1cc(NC(=O)Nc2n[nH]c3cc(OCc4ccc(Br)cc4F)ccc23)cc(OC)c1. The van der Waals surface area contributed by atoms with E-state index in [9.17, 15) is 9.18 Å². The summed E-state index contributed by atoms with van der Waals surface area (Å²) in [7, 11) is 3.06. The number of benzene rings is 3. The summed E-state index contributed by atoms with van der Waals surface area (Å²) in [4.78, 5) is 12.5. The van der Waals surface area contributed by atoms with Gasteiger partial charge in [0.25, 0.3) is 0 Å². The van der Waals surface area contributed by atoms with Crippen LogP contribution in [-0.4, -0.2) is 30.4 Å². The van der Waals surface area contributed by atoms with E-state index in [1.807, 2.05) is 0 Å². The third kappa shape index (κ3) is 5.35. The first-order valence-corrected chi connectivity index (χ1v) is 10.6. The van der Waals surface area contributed by atoms with E-state index in [0.29, 0.717) is 49.7 Å². The third-order valence-electron chi connectivity index (χ3n) is 4.79. The van der Waals surface area contributed by atoms with E-state index < -0.39 is 6.03 Å². The maximum atomic E-state index is 14.0. The summed E-state index contributed by atoms with van der Waals surface area (Å²) in [5.41, 5.74) is 1.60. The third-order valence-corrected chi connectivity index (χ3v) is 5.28. The number of H-pyrrole nitrogens is 1. The number of nitrogens with one attached hydrogen (secondary N) is 3. The molecule has 0 saturated heterocycles. The Hall–Kier alpha value is -3.79. The van der Waals surface area contributed by atoms with E-state index in [2.05, 4.69) is 36.8 Å². The largest absolute Gasteiger partial charge is 0.497 e. The molecule has 0 fully saturated rings. The van der Waals surface area contributed by atoms with Crippen LogP contribution in [0, 0.1) is 5.82 Å². The minimum Gasteiger partial charge on any atom is -0.497 e. The predicted octanol–water partition coefficient (Wildman–Crippen LogP) is 5.70. The molecule has 3 N–H and O–H groups in total. The number of hydrogen-bond donors (Lipinski definition) is 3. The number of aromatic amines is 1. The monoisotopic (exact) mass is 514 g/mol. The summed E-state index contributed by atoms with van der Waals surface area (Å²) in [5, 5.41) is 13.1. The lowest BCUT2D eigenvalue weighted by atomic mass is 10.2. The molecule has 1 heterocycles. The Morgan fingerprint density at radius 1 is 1.00 bits per heavy atom. The summed E-state index contributed by atoms with van der Waals surface area (Å²) in [6.07, 6.45) is 0. The molecule has 0 saturated carbocycles. The van der Waals surface area contributed by atoms with Crippen molar-refractivity contribution in [1.29, 1.82) is 0 Å². The number of fused-ring (bicyclic) bond motifs is 1. The number of rotatable bonds is 7. The van der Waals surface area contributed by atoms with Gasteiger partial charge in [0.15, 0.2) is 5.82 Å². The predicted molar refractivity (Wildman–Crippen MR) is 127 cm³/mol. The van der Waals surface area contributed by atoms with Crippen molar-refractivity contribution in [2.75, 3.05) is 24.9 Å². The lowest BCUT2D eigenvalue weighted by molar-refractivity contribution is 0.262. The Bertz CT molecular complexity index is 1290. The topological polar surface area (TPSA) is 97.5 Å². The quantitative estimate of drug-likeness (QED) is 0.293. The maximum absolute atomic E-state index is 14.0. The van der Waals surface area contributed by atoms with Crippen molar-refractivity contribution in [3.05, 3.63) is 70.5 Å². The van der Waals surface area contributed by atoms with Gasteiger partial charge in [-0.1, -0.05) is 22.0 Å². The molecule has 0 spiro atoms. The second-order valence-corrected chi connectivity index (χ2v) is 7.90. The fourth-order valence-corrected chi connectivity index (χ4v) is 3.47. The molecule has 33 heavy (non-hydrogen) atoms. The molecule has 2 amide bonds. The second-order valence-electron chi connectivity index (χ2n) is 6.98. The molecular formula is C23H20BrFN4O4. The standard InChI is InChI=1S/C23H20BrFN4O4/c1-31-17-8-15(9-18(10-17)32-2)26-23(30)27-22-19-6-5-16(11-21(19)28-29-22)33-12-13-3-4-14(24)7-20(13)25/h3-11H,12H2,1-2H3,(H3,26,27,28,29,30). The highest BCUT2D eigenvalue weighted by atomic mass is 79.9. The van der Waals surface area contributed by atoms with Crippen molar-refractivity contribution >= 4 is 44.4 Å². The van der Waals surface area contributed by atoms with Gasteiger partial charge < -0.3 is 19.5 Å². The molecule has 0 atom stereocenters. The molecule has 4 aromatic rings. The average molecular weight is 515 g/mol. The van der Waals surface area contributed by atoms with Crippen molar-refractivity contribution in [3.8, 4) is 17.2 Å². The lowest BCUT2D eigenvalue weighted by Crippen LogP contribution is -2.19. The Morgan fingerprint density at radius 3 is 2.45 bits per heavy atom. The number of urea groups is 1. The fraction of sp³-hybridized carbons (Fsp3) is 0.130. The molecule has 0 radical (unpaired) electrons. The van der Waals surface area contributed by atoms with Crippen molar-refractivity contribution < 1.29 is 23.4 Å². The number of ether oxygens (including phenoxy) is 3. The van der Waals surface area contributed by atoms with E-state index in [1.165, 1.54) is 20.3 Å². The molecule has 170 valence electrons. The fourth-order valence-electron chi connectivity index (χ4n) is 3.13. The molecular weight excluding hydrogens is 495 g/mol. The lowest BCUT2D eigenvalue weighted by Gasteiger charge is -2.10. The van der Waals surface area contributed by atoms with E-state index in [0.717, 1.165) is 0 Å². The number of carbonyl (C=O) groups is 1. The Labute approximate surface area is 197 Å². The molecule has 0 aliphatic heterocycles. The van der Waals surface area contributed by atoms with Crippen LogP contribution in [0.4, 0.5) is 20.7 Å². The van der Waals surface area contributed by atoms with E-state index in [1.54, 1.807) is 48.5 Å². The number of hydrogen-bond acceptors (Lipinski definition) is 5. The van der Waals surface area contributed by atoms with Crippen LogP contribution < -0.4 is 24.8 Å². The highest BCUT2D eigenvalue weighted by Gasteiger charge is 2.12. The Morgan fingerprint density at radius 2 is 1.76 bits per heavy atom. The van der Waals surface area contributed by atoms with Crippen LogP contribution in [0.25, 0.3) is 10.9 Å². The smallest absolute Gasteiger partial charge is 0.324 e. The molecule has 8 nitrogen and oxygen atoms in total. The van der Waals surface area contributed by atoms with Gasteiger partial charge >= 0.3 is 6.03 Å². The van der Waals surface area contributed by atoms with Gasteiger partial charge in [0.1, 0.15) is 29.7 Å². The van der Waals surface area contributed by atoms with Crippen molar-refractivity contribution in [3.63, 3.8) is 0 Å². The van der Waals surface area contributed by atoms with Crippen LogP contribution in [0.15, 0.2) is 59.1 Å². The first kappa shape index (κ1) is 22.4. The average Bonchev–Trinajstić information content (AvgIpc) is 3.19. The summed E-state index contributed by atoms with van der Waals surface area (Å²) < 4.78 is 30.8. The van der Waals surface area contributed by atoms with Crippen LogP contribution in [-0.2, 0) is 6.61 Å². The summed E-state index contributed by atoms with van der Waals surface area (Å²) in [6, 6.07) is 14.6. The van der Waals surface area contributed by atoms with Gasteiger partial charge in [0.05, 0.1) is 19.7 Å². The molecule has 0 bridgehead atoms. The number of aromatic nitrogens is 2. The van der Waals surface area contributed by atoms with E-state index in [4.69, 9.17) is 14.2 Å². The number of methoxy groups -OCH3 is 2. The Balaban J connectivity index is 1.43. The molecule has 0 aliphatic carbocycles. The van der Waals surface area contributed by atoms with Crippen molar-refractivity contribution in [2.24, 2.45) is 0 Å². The number of anilines is 2. The maximum Gasteiger partial charge on any atom is 0.324 e. The van der Waals surface area contributed by atoms with Crippen LogP contribution in [0.2, 0.25) is 0 Å². The number of nitrogens with zero attached hydrogens (tertiary/aromatic N) is 1. The first-order valence-electron chi connectivity index (χ1n) is 9.81. The van der Waals surface area contributed by atoms with Gasteiger partial charge in [0.2, 0.25) is 0 Å². The minimum atomic E-state index is -0.482. The number of carbonyl (C=O) groups excluding carboxylic acids is 1. The minimum absolute atomic E-state index is 0.0796. The van der Waals surface area contributed by atoms with Gasteiger partial charge in [-0.05, 0) is 24.3 Å². The summed E-state index contributed by atoms with van der Waals surface area (Å²) >= 11 is 3.23. The van der Waals surface area contributed by atoms with Gasteiger partial charge in [-0.2, -0.15) is 5.10 Å². The van der Waals surface area contributed by atoms with Crippen LogP contribution >= 0.6 is 15.9 Å². The molecule has 4 rings (SSSR count). The van der Waals surface area contributed by atoms with E-state index in [-0.39, 0.29) is 12.4 Å². The normalized spacial score (nSPS) is 10.7. The molecule has 1 aromatic heterocycles. The van der Waals surface area contributed by atoms with Gasteiger partial charge in [-0.3, -0.25) is 10.4 Å². The number of amides is 2. The van der Waals surface area contributed by atoms with Gasteiger partial charge in [-0.25, -0.2) is 9.18 Å². The van der Waals surface area contributed by atoms with Gasteiger partial charge in [-0.15, -0.1) is 0 Å². The molecule has 10 heteroatoms. The van der Waals surface area contributed by atoms with Crippen LogP contribution in [0.3, 0.4) is 0 Å². The zero-order chi connectivity index (χ0) is 23.4. The summed E-state index contributed by atoms with van der Waals surface area (Å²) in [6.45, 7) is 0.0796.